The van der Waals surface area contributed by atoms with E-state index in [9.17, 15) is 15.0 Å². The van der Waals surface area contributed by atoms with E-state index in [0.29, 0.717) is 17.5 Å². The van der Waals surface area contributed by atoms with Crippen molar-refractivity contribution in [3.05, 3.63) is 58.6 Å². The van der Waals surface area contributed by atoms with Crippen LogP contribution in [0.25, 0.3) is 10.9 Å². The van der Waals surface area contributed by atoms with Crippen molar-refractivity contribution in [1.29, 1.82) is 0 Å². The van der Waals surface area contributed by atoms with E-state index in [1.54, 1.807) is 41.0 Å². The number of rotatable bonds is 4. The highest BCUT2D eigenvalue weighted by atomic mass is 79.9. The number of benzene rings is 2. The Morgan fingerprint density at radius 3 is 2.64 bits per heavy atom. The molecule has 3 aromatic rings. The second-order valence-electron chi connectivity index (χ2n) is 5.43. The van der Waals surface area contributed by atoms with E-state index in [1.807, 2.05) is 19.1 Å². The molecule has 0 aliphatic carbocycles. The van der Waals surface area contributed by atoms with Crippen molar-refractivity contribution in [2.24, 2.45) is 10.2 Å². The number of halogens is 1. The van der Waals surface area contributed by atoms with Gasteiger partial charge in [0.2, 0.25) is 5.88 Å². The molecule has 128 valence electrons. The Morgan fingerprint density at radius 1 is 1.24 bits per heavy atom. The lowest BCUT2D eigenvalue weighted by atomic mass is 10.1. The third-order valence-electron chi connectivity index (χ3n) is 3.89. The van der Waals surface area contributed by atoms with Gasteiger partial charge >= 0.3 is 0 Å². The number of aryl methyl sites for hydroxylation is 1. The summed E-state index contributed by atoms with van der Waals surface area (Å²) in [4.78, 5) is 12.1. The SMILES string of the molecule is CCn1c(O)c(N=NC(=O)[C@@H](O)c2ccccc2)c2cc(Br)ccc21. The van der Waals surface area contributed by atoms with Gasteiger partial charge in [-0.1, -0.05) is 46.3 Å². The minimum Gasteiger partial charge on any atom is -0.493 e. The Hall–Kier alpha value is -2.51. The molecule has 0 unspecified atom stereocenters. The van der Waals surface area contributed by atoms with Crippen molar-refractivity contribution >= 4 is 38.4 Å². The van der Waals surface area contributed by atoms with Crippen molar-refractivity contribution in [2.75, 3.05) is 0 Å². The first-order valence-electron chi connectivity index (χ1n) is 7.72. The molecule has 7 heteroatoms. The molecule has 0 aliphatic heterocycles. The van der Waals surface area contributed by atoms with Gasteiger partial charge in [0.1, 0.15) is 0 Å². The third kappa shape index (κ3) is 3.33. The molecule has 2 aromatic carbocycles. The smallest absolute Gasteiger partial charge is 0.297 e. The minimum absolute atomic E-state index is 0.0682. The number of amides is 1. The molecule has 0 fully saturated rings. The molecule has 0 radical (unpaired) electrons. The van der Waals surface area contributed by atoms with Gasteiger partial charge in [0, 0.05) is 16.4 Å². The molecule has 1 atom stereocenters. The number of aromatic nitrogens is 1. The maximum absolute atomic E-state index is 12.1. The number of azo groups is 1. The Balaban J connectivity index is 1.97. The van der Waals surface area contributed by atoms with Crippen molar-refractivity contribution in [2.45, 2.75) is 19.6 Å². The molecule has 0 spiro atoms. The summed E-state index contributed by atoms with van der Waals surface area (Å²) >= 11 is 3.39. The largest absolute Gasteiger partial charge is 0.493 e. The number of aliphatic hydroxyl groups is 1. The molecular weight excluding hydrogens is 386 g/mol. The molecule has 1 aromatic heterocycles. The van der Waals surface area contributed by atoms with Crippen LogP contribution in [-0.4, -0.2) is 20.7 Å². The van der Waals surface area contributed by atoms with Gasteiger partial charge in [-0.2, -0.15) is 0 Å². The van der Waals surface area contributed by atoms with E-state index in [1.165, 1.54) is 0 Å². The Bertz CT molecular complexity index is 951. The predicted octanol–water partition coefficient (Wildman–Crippen LogP) is 4.47. The first kappa shape index (κ1) is 17.3. The van der Waals surface area contributed by atoms with Crippen molar-refractivity contribution in [3.8, 4) is 5.88 Å². The fourth-order valence-electron chi connectivity index (χ4n) is 2.65. The lowest BCUT2D eigenvalue weighted by Crippen LogP contribution is -2.08. The summed E-state index contributed by atoms with van der Waals surface area (Å²) in [5.74, 6) is -0.862. The van der Waals surface area contributed by atoms with Crippen LogP contribution in [0.3, 0.4) is 0 Å². The Labute approximate surface area is 152 Å². The maximum atomic E-state index is 12.1. The van der Waals surface area contributed by atoms with Gasteiger partial charge in [0.25, 0.3) is 5.91 Å². The molecule has 6 nitrogen and oxygen atoms in total. The fraction of sp³-hybridized carbons (Fsp3) is 0.167. The van der Waals surface area contributed by atoms with E-state index >= 15 is 0 Å². The summed E-state index contributed by atoms with van der Waals surface area (Å²) < 4.78 is 2.49. The summed E-state index contributed by atoms with van der Waals surface area (Å²) in [6, 6.07) is 14.0. The average molecular weight is 402 g/mol. The van der Waals surface area contributed by atoms with E-state index < -0.39 is 12.0 Å². The van der Waals surface area contributed by atoms with Gasteiger partial charge in [-0.15, -0.1) is 10.2 Å². The van der Waals surface area contributed by atoms with Gasteiger partial charge in [0.05, 0.1) is 5.52 Å². The predicted molar refractivity (Wildman–Crippen MR) is 97.9 cm³/mol. The molecule has 0 aliphatic rings. The molecule has 0 bridgehead atoms. The molecule has 1 heterocycles. The van der Waals surface area contributed by atoms with Crippen LogP contribution in [0.15, 0.2) is 63.2 Å². The normalized spacial score (nSPS) is 12.8. The molecule has 1 amide bonds. The van der Waals surface area contributed by atoms with Crippen molar-refractivity contribution in [3.63, 3.8) is 0 Å². The van der Waals surface area contributed by atoms with Crippen LogP contribution in [-0.2, 0) is 11.3 Å². The molecule has 2 N–H and O–H groups in total. The molecule has 25 heavy (non-hydrogen) atoms. The van der Waals surface area contributed by atoms with Crippen molar-refractivity contribution < 1.29 is 15.0 Å². The van der Waals surface area contributed by atoms with Crippen LogP contribution in [0, 0.1) is 0 Å². The van der Waals surface area contributed by atoms with Crippen LogP contribution in [0.5, 0.6) is 5.88 Å². The summed E-state index contributed by atoms with van der Waals surface area (Å²) in [5.41, 5.74) is 1.43. The van der Waals surface area contributed by atoms with E-state index in [0.717, 1.165) is 9.99 Å². The topological polar surface area (TPSA) is 87.2 Å². The number of carbonyl (C=O) groups excluding carboxylic acids is 1. The van der Waals surface area contributed by atoms with E-state index in [2.05, 4.69) is 26.2 Å². The number of hydrogen-bond donors (Lipinski definition) is 2. The van der Waals surface area contributed by atoms with E-state index in [4.69, 9.17) is 0 Å². The average Bonchev–Trinajstić information content (AvgIpc) is 2.89. The van der Waals surface area contributed by atoms with Gasteiger partial charge in [-0.05, 0) is 30.7 Å². The van der Waals surface area contributed by atoms with Gasteiger partial charge in [-0.25, -0.2) is 0 Å². The molecular formula is C18H16BrN3O3. The zero-order valence-electron chi connectivity index (χ0n) is 13.4. The molecule has 0 saturated carbocycles. The van der Waals surface area contributed by atoms with Crippen LogP contribution >= 0.6 is 15.9 Å². The fourth-order valence-corrected chi connectivity index (χ4v) is 3.01. The number of aliphatic hydroxyl groups excluding tert-OH is 1. The van der Waals surface area contributed by atoms with Crippen LogP contribution in [0.4, 0.5) is 5.69 Å². The highest BCUT2D eigenvalue weighted by Crippen LogP contribution is 2.40. The van der Waals surface area contributed by atoms with Crippen LogP contribution < -0.4 is 0 Å². The zero-order valence-corrected chi connectivity index (χ0v) is 15.0. The Kier molecular flexibility index (Phi) is 4.96. The highest BCUT2D eigenvalue weighted by Gasteiger charge is 2.19. The first-order chi connectivity index (χ1) is 12.0. The number of nitrogens with zero attached hydrogens (tertiary/aromatic N) is 3. The van der Waals surface area contributed by atoms with Crippen LogP contribution in [0.2, 0.25) is 0 Å². The number of fused-ring (bicyclic) bond motifs is 1. The number of aromatic hydroxyl groups is 1. The number of hydrogen-bond acceptors (Lipinski definition) is 4. The lowest BCUT2D eigenvalue weighted by molar-refractivity contribution is -0.126. The zero-order chi connectivity index (χ0) is 18.0. The monoisotopic (exact) mass is 401 g/mol. The quantitative estimate of drug-likeness (QED) is 0.631. The summed E-state index contributed by atoms with van der Waals surface area (Å²) in [6.45, 7) is 2.44. The molecule has 0 saturated heterocycles. The maximum Gasteiger partial charge on any atom is 0.297 e. The highest BCUT2D eigenvalue weighted by molar-refractivity contribution is 9.10. The first-order valence-corrected chi connectivity index (χ1v) is 8.51. The summed E-state index contributed by atoms with van der Waals surface area (Å²) in [5, 5.41) is 28.6. The van der Waals surface area contributed by atoms with Gasteiger partial charge in [-0.3, -0.25) is 4.79 Å². The second-order valence-corrected chi connectivity index (χ2v) is 6.35. The standard InChI is InChI=1S/C18H16BrN3O3/c1-2-22-14-9-8-12(19)10-13(14)15(18(22)25)20-21-17(24)16(23)11-6-4-3-5-7-11/h3-10,16,23,25H,2H2,1H3/t16-/m0/s1. The number of carbonyl (C=O) groups is 1. The van der Waals surface area contributed by atoms with Gasteiger partial charge < -0.3 is 14.8 Å². The molecule has 3 rings (SSSR count). The van der Waals surface area contributed by atoms with Crippen molar-refractivity contribution in [1.82, 2.24) is 4.57 Å². The third-order valence-corrected chi connectivity index (χ3v) is 4.38. The van der Waals surface area contributed by atoms with Crippen LogP contribution in [0.1, 0.15) is 18.6 Å². The van der Waals surface area contributed by atoms with Gasteiger partial charge in [0.15, 0.2) is 11.8 Å². The summed E-state index contributed by atoms with van der Waals surface area (Å²) in [7, 11) is 0. The summed E-state index contributed by atoms with van der Waals surface area (Å²) in [6.07, 6.45) is -1.39. The Morgan fingerprint density at radius 2 is 1.96 bits per heavy atom. The lowest BCUT2D eigenvalue weighted by Gasteiger charge is -2.05. The minimum atomic E-state index is -1.39. The van der Waals surface area contributed by atoms with E-state index in [-0.39, 0.29) is 11.6 Å². The second kappa shape index (κ2) is 7.16.